The standard InChI is InChI=1S/C44H44N4O5/c1-28(44(39-32-13-14-33(39)16-15-32)35-19-21-48(22-20-35)37-18-17-36(44)23-34(37)25-49)42-46-29(2)41(53-27-31-11-7-4-8-12-31)40(47-42)43(51)45-24-38(50)52-26-30-9-5-3-6-10-30/h3-18,23,28,35,39,49H,19-22,24-27H2,1-2H3,(H,45,51). The predicted octanol–water partition coefficient (Wildman–Crippen LogP) is 6.65. The maximum absolute atomic E-state index is 14.1. The molecule has 4 aromatic rings. The van der Waals surface area contributed by atoms with E-state index in [0.717, 1.165) is 53.9 Å². The number of rotatable bonds is 12. The van der Waals surface area contributed by atoms with Crippen molar-refractivity contribution in [1.29, 1.82) is 0 Å². The van der Waals surface area contributed by atoms with Crippen molar-refractivity contribution in [2.24, 2.45) is 11.8 Å². The van der Waals surface area contributed by atoms with Crippen LogP contribution in [0.2, 0.25) is 0 Å². The van der Waals surface area contributed by atoms with Crippen molar-refractivity contribution in [3.05, 3.63) is 154 Å². The van der Waals surface area contributed by atoms with Gasteiger partial charge < -0.3 is 24.8 Å². The number of fused-ring (bicyclic) bond motifs is 2. The molecule has 0 saturated carbocycles. The first-order valence-corrected chi connectivity index (χ1v) is 18.5. The number of ether oxygens (including phenoxy) is 2. The van der Waals surface area contributed by atoms with Crippen LogP contribution in [-0.4, -0.2) is 46.6 Å². The number of nitrogens with one attached hydrogen (secondary N) is 1. The van der Waals surface area contributed by atoms with Crippen LogP contribution in [0.3, 0.4) is 0 Å². The van der Waals surface area contributed by atoms with E-state index in [1.54, 1.807) is 0 Å². The van der Waals surface area contributed by atoms with Crippen LogP contribution in [0, 0.1) is 18.8 Å². The molecule has 1 aromatic heterocycles. The minimum atomic E-state index is -0.557. The highest BCUT2D eigenvalue weighted by molar-refractivity contribution is 5.96. The van der Waals surface area contributed by atoms with E-state index in [4.69, 9.17) is 19.4 Å². The Morgan fingerprint density at radius 3 is 2.23 bits per heavy atom. The van der Waals surface area contributed by atoms with Crippen LogP contribution in [0.4, 0.5) is 5.69 Å². The van der Waals surface area contributed by atoms with Gasteiger partial charge in [0, 0.05) is 41.6 Å². The first-order valence-electron chi connectivity index (χ1n) is 18.5. The number of hydrogen-bond donors (Lipinski definition) is 2. The van der Waals surface area contributed by atoms with Gasteiger partial charge in [-0.05, 0) is 59.6 Å². The summed E-state index contributed by atoms with van der Waals surface area (Å²) in [6.45, 7) is 5.77. The highest BCUT2D eigenvalue weighted by atomic mass is 16.5. The Hall–Kier alpha value is -5.54. The van der Waals surface area contributed by atoms with Crippen molar-refractivity contribution < 1.29 is 24.2 Å². The van der Waals surface area contributed by atoms with Crippen LogP contribution in [0.1, 0.15) is 69.9 Å². The summed E-state index contributed by atoms with van der Waals surface area (Å²) in [7, 11) is 0. The van der Waals surface area contributed by atoms with E-state index in [-0.39, 0.29) is 55.6 Å². The van der Waals surface area contributed by atoms with E-state index in [9.17, 15) is 14.7 Å². The monoisotopic (exact) mass is 708 g/mol. The SMILES string of the molecule is Cc1nc(C(C)C2(C3C4=CC=C3C=C4)c3ccc(c(CO)c3)N3CCC2CC3)nc(C(=O)NCC(=O)OCc2ccccc2)c1OCc1ccccc1. The number of carbonyl (C=O) groups excluding carboxylic acids is 2. The molecular formula is C44H44N4O5. The summed E-state index contributed by atoms with van der Waals surface area (Å²) in [4.78, 5) is 39.5. The first-order chi connectivity index (χ1) is 25.9. The minimum Gasteiger partial charge on any atom is -0.485 e. The van der Waals surface area contributed by atoms with Gasteiger partial charge in [-0.3, -0.25) is 9.59 Å². The molecule has 0 spiro atoms. The lowest BCUT2D eigenvalue weighted by atomic mass is 9.52. The molecule has 270 valence electrons. The van der Waals surface area contributed by atoms with Crippen molar-refractivity contribution in [3.63, 3.8) is 0 Å². The Morgan fingerprint density at radius 2 is 1.58 bits per heavy atom. The number of anilines is 1. The number of aromatic nitrogens is 2. The molecule has 2 aliphatic carbocycles. The number of amides is 1. The molecule has 7 aliphatic rings. The van der Waals surface area contributed by atoms with Gasteiger partial charge >= 0.3 is 5.97 Å². The van der Waals surface area contributed by atoms with Crippen molar-refractivity contribution in [1.82, 2.24) is 15.3 Å². The van der Waals surface area contributed by atoms with Crippen molar-refractivity contribution in [2.75, 3.05) is 24.5 Å². The fourth-order valence-corrected chi connectivity index (χ4v) is 9.08. The molecule has 9 nitrogen and oxygen atoms in total. The van der Waals surface area contributed by atoms with Crippen molar-refractivity contribution in [2.45, 2.75) is 57.8 Å². The second-order valence-corrected chi connectivity index (χ2v) is 14.5. The molecule has 2 N–H and O–H groups in total. The number of aliphatic hydroxyl groups excluding tert-OH is 1. The number of piperidine rings is 1. The molecule has 0 radical (unpaired) electrons. The topological polar surface area (TPSA) is 114 Å². The van der Waals surface area contributed by atoms with Crippen molar-refractivity contribution in [3.8, 4) is 5.75 Å². The second-order valence-electron chi connectivity index (χ2n) is 14.5. The van der Waals surface area contributed by atoms with Crippen LogP contribution in [0.5, 0.6) is 5.75 Å². The zero-order chi connectivity index (χ0) is 36.5. The summed E-state index contributed by atoms with van der Waals surface area (Å²) in [6.07, 6.45) is 10.8. The number of hydrogen-bond acceptors (Lipinski definition) is 8. The summed E-state index contributed by atoms with van der Waals surface area (Å²) in [6, 6.07) is 25.7. The Morgan fingerprint density at radius 1 is 0.925 bits per heavy atom. The zero-order valence-electron chi connectivity index (χ0n) is 30.1. The average Bonchev–Trinajstić information content (AvgIpc) is 3.84. The van der Waals surface area contributed by atoms with Gasteiger partial charge in [-0.2, -0.15) is 0 Å². The third-order valence-electron chi connectivity index (χ3n) is 11.6. The van der Waals surface area contributed by atoms with Gasteiger partial charge in [0.2, 0.25) is 0 Å². The first kappa shape index (κ1) is 34.5. The predicted molar refractivity (Wildman–Crippen MR) is 202 cm³/mol. The number of aliphatic hydroxyl groups is 1. The van der Waals surface area contributed by atoms with E-state index in [1.807, 2.05) is 67.6 Å². The minimum absolute atomic E-state index is 0.0513. The lowest BCUT2D eigenvalue weighted by molar-refractivity contribution is -0.143. The van der Waals surface area contributed by atoms with Gasteiger partial charge in [-0.1, -0.05) is 104 Å². The molecule has 6 heterocycles. The molecule has 53 heavy (non-hydrogen) atoms. The van der Waals surface area contributed by atoms with Crippen molar-refractivity contribution >= 4 is 17.6 Å². The fraction of sp³-hybridized carbons (Fsp3) is 0.318. The average molecular weight is 709 g/mol. The molecule has 1 saturated heterocycles. The van der Waals surface area contributed by atoms with Crippen LogP contribution >= 0.6 is 0 Å². The van der Waals surface area contributed by atoms with Crippen LogP contribution in [0.25, 0.3) is 0 Å². The largest absolute Gasteiger partial charge is 0.485 e. The summed E-state index contributed by atoms with van der Waals surface area (Å²) in [5, 5.41) is 13.4. The van der Waals surface area contributed by atoms with Gasteiger partial charge in [0.15, 0.2) is 11.4 Å². The third-order valence-corrected chi connectivity index (χ3v) is 11.6. The molecule has 2 unspecified atom stereocenters. The maximum atomic E-state index is 14.1. The number of carbonyl (C=O) groups is 2. The maximum Gasteiger partial charge on any atom is 0.325 e. The molecule has 1 amide bonds. The Bertz CT molecular complexity index is 2100. The zero-order valence-corrected chi connectivity index (χ0v) is 30.1. The molecular weight excluding hydrogens is 665 g/mol. The fourth-order valence-electron chi connectivity index (χ4n) is 9.08. The second kappa shape index (κ2) is 14.5. The summed E-state index contributed by atoms with van der Waals surface area (Å²) < 4.78 is 11.8. The quantitative estimate of drug-likeness (QED) is 0.157. The lowest BCUT2D eigenvalue weighted by Gasteiger charge is -2.51. The molecule has 11 rings (SSSR count). The number of benzene rings is 3. The van der Waals surface area contributed by atoms with Gasteiger partial charge in [0.05, 0.1) is 12.3 Å². The molecule has 3 aromatic carbocycles. The van der Waals surface area contributed by atoms with Crippen LogP contribution in [0.15, 0.2) is 114 Å². The van der Waals surface area contributed by atoms with Gasteiger partial charge in [-0.15, -0.1) is 0 Å². The molecule has 9 heteroatoms. The third kappa shape index (κ3) is 6.33. The molecule has 1 fully saturated rings. The van der Waals surface area contributed by atoms with E-state index >= 15 is 0 Å². The van der Waals surface area contributed by atoms with E-state index in [2.05, 4.69) is 59.6 Å². The smallest absolute Gasteiger partial charge is 0.325 e. The van der Waals surface area contributed by atoms with E-state index < -0.39 is 17.3 Å². The highest BCUT2D eigenvalue weighted by Gasteiger charge is 2.56. The van der Waals surface area contributed by atoms with Crippen LogP contribution in [-0.2, 0) is 34.8 Å². The highest BCUT2D eigenvalue weighted by Crippen LogP contribution is 2.61. The van der Waals surface area contributed by atoms with Gasteiger partial charge in [0.25, 0.3) is 5.91 Å². The van der Waals surface area contributed by atoms with E-state index in [0.29, 0.717) is 11.5 Å². The number of nitrogens with zero attached hydrogens (tertiary/aromatic N) is 3. The summed E-state index contributed by atoms with van der Waals surface area (Å²) in [5.41, 5.74) is 7.62. The Labute approximate surface area is 310 Å². The Balaban J connectivity index is 1.18. The molecule has 6 bridgehead atoms. The summed E-state index contributed by atoms with van der Waals surface area (Å²) >= 11 is 0. The Kier molecular flexibility index (Phi) is 9.43. The summed E-state index contributed by atoms with van der Waals surface area (Å²) in [5.74, 6) is -0.204. The molecule has 5 aliphatic heterocycles. The molecule has 2 atom stereocenters. The van der Waals surface area contributed by atoms with Crippen LogP contribution < -0.4 is 15.0 Å². The normalized spacial score (nSPS) is 20.4. The van der Waals surface area contributed by atoms with Gasteiger partial charge in [0.1, 0.15) is 25.6 Å². The number of aryl methyl sites for hydroxylation is 1. The number of esters is 1. The van der Waals surface area contributed by atoms with E-state index in [1.165, 1.54) is 11.1 Å². The van der Waals surface area contributed by atoms with Gasteiger partial charge in [-0.25, -0.2) is 9.97 Å². The number of allylic oxidation sites excluding steroid dienone is 6. The lowest BCUT2D eigenvalue weighted by Crippen LogP contribution is -2.50.